The number of aromatic nitrogens is 4. The first-order valence-corrected chi connectivity index (χ1v) is 11.9. The normalized spacial score (nSPS) is 15.2. The first-order valence-electron chi connectivity index (χ1n) is 10.0. The summed E-state index contributed by atoms with van der Waals surface area (Å²) >= 11 is 0. The highest BCUT2D eigenvalue weighted by molar-refractivity contribution is 7.90. The van der Waals surface area contributed by atoms with E-state index in [1.165, 1.54) is 18.5 Å². The summed E-state index contributed by atoms with van der Waals surface area (Å²) < 4.78 is 50.1. The lowest BCUT2D eigenvalue weighted by Gasteiger charge is -2.31. The summed E-state index contributed by atoms with van der Waals surface area (Å²) in [4.78, 5) is 21.8. The quantitative estimate of drug-likeness (QED) is 0.567. The fraction of sp³-hybridized carbons (Fsp3) is 0.400. The molecule has 4 rings (SSSR count). The molecule has 10 nitrogen and oxygen atoms in total. The van der Waals surface area contributed by atoms with E-state index in [1.807, 2.05) is 0 Å². The number of carbonyl (C=O) groups is 1. The van der Waals surface area contributed by atoms with E-state index >= 15 is 0 Å². The van der Waals surface area contributed by atoms with Crippen LogP contribution in [0.5, 0.6) is 11.6 Å². The monoisotopic (exact) mass is 463 g/mol. The van der Waals surface area contributed by atoms with Crippen molar-refractivity contribution in [3.05, 3.63) is 36.5 Å². The molecule has 32 heavy (non-hydrogen) atoms. The van der Waals surface area contributed by atoms with Crippen LogP contribution < -0.4 is 4.74 Å². The third-order valence-electron chi connectivity index (χ3n) is 5.23. The van der Waals surface area contributed by atoms with Crippen LogP contribution in [0.2, 0.25) is 0 Å². The number of piperidine rings is 1. The molecule has 2 aromatic heterocycles. The summed E-state index contributed by atoms with van der Waals surface area (Å²) in [7, 11) is -3.54. The van der Waals surface area contributed by atoms with Crippen molar-refractivity contribution in [1.82, 2.24) is 24.6 Å². The van der Waals surface area contributed by atoms with Crippen LogP contribution in [-0.4, -0.2) is 65.1 Å². The molecule has 0 radical (unpaired) electrons. The van der Waals surface area contributed by atoms with Gasteiger partial charge in [-0.15, -0.1) is 0 Å². The Bertz CT molecular complexity index is 1250. The van der Waals surface area contributed by atoms with E-state index in [2.05, 4.69) is 15.1 Å². The van der Waals surface area contributed by atoms with Crippen LogP contribution >= 0.6 is 0 Å². The van der Waals surface area contributed by atoms with E-state index in [1.54, 1.807) is 22.7 Å². The number of halogens is 1. The zero-order valence-corrected chi connectivity index (χ0v) is 18.4. The van der Waals surface area contributed by atoms with Gasteiger partial charge in [0.2, 0.25) is 5.88 Å². The molecule has 3 aromatic rings. The zero-order valence-electron chi connectivity index (χ0n) is 17.6. The van der Waals surface area contributed by atoms with Crippen LogP contribution in [0, 0.1) is 5.82 Å². The van der Waals surface area contributed by atoms with Gasteiger partial charge in [0.15, 0.2) is 27.1 Å². The maximum atomic E-state index is 14.4. The maximum absolute atomic E-state index is 14.4. The van der Waals surface area contributed by atoms with Gasteiger partial charge in [0.25, 0.3) is 0 Å². The summed E-state index contributed by atoms with van der Waals surface area (Å²) in [5.74, 6) is -0.873. The second-order valence-corrected chi connectivity index (χ2v) is 9.40. The second kappa shape index (κ2) is 8.69. The van der Waals surface area contributed by atoms with E-state index in [9.17, 15) is 17.6 Å². The Balaban J connectivity index is 1.55. The number of likely N-dealkylation sites (tertiary alicyclic amines) is 1. The standard InChI is InChI=1S/C20H22FN5O5S/c1-3-30-20(27)25-8-6-13(7-9-25)26-18-15(11-24-26)19(23-12-22-18)31-17-5-4-14(10-16(17)21)32(2,28)29/h4-5,10-13H,3,6-9H2,1-2H3. The summed E-state index contributed by atoms with van der Waals surface area (Å²) in [5, 5.41) is 4.92. The first-order chi connectivity index (χ1) is 15.3. The molecular formula is C20H22FN5O5S. The average Bonchev–Trinajstić information content (AvgIpc) is 3.20. The number of hydrogen-bond donors (Lipinski definition) is 0. The van der Waals surface area contributed by atoms with Gasteiger partial charge in [-0.2, -0.15) is 5.10 Å². The molecule has 0 bridgehead atoms. The molecule has 1 aromatic carbocycles. The van der Waals surface area contributed by atoms with Crippen molar-refractivity contribution in [2.75, 3.05) is 26.0 Å². The molecule has 0 N–H and O–H groups in total. The van der Waals surface area contributed by atoms with Crippen molar-refractivity contribution >= 4 is 27.0 Å². The smallest absolute Gasteiger partial charge is 0.409 e. The van der Waals surface area contributed by atoms with Crippen LogP contribution in [-0.2, 0) is 14.6 Å². The van der Waals surface area contributed by atoms with Crippen LogP contribution in [0.25, 0.3) is 11.0 Å². The Hall–Kier alpha value is -3.28. The minimum absolute atomic E-state index is 0.0201. The molecule has 12 heteroatoms. The minimum atomic E-state index is -3.54. The van der Waals surface area contributed by atoms with Crippen LogP contribution in [0.3, 0.4) is 0 Å². The van der Waals surface area contributed by atoms with Crippen molar-refractivity contribution in [2.24, 2.45) is 0 Å². The number of carbonyl (C=O) groups excluding carboxylic acids is 1. The van der Waals surface area contributed by atoms with Gasteiger partial charge in [-0.25, -0.2) is 32.3 Å². The Morgan fingerprint density at radius 2 is 2.00 bits per heavy atom. The predicted octanol–water partition coefficient (Wildman–Crippen LogP) is 2.95. The molecular weight excluding hydrogens is 441 g/mol. The van der Waals surface area contributed by atoms with Gasteiger partial charge in [-0.1, -0.05) is 0 Å². The molecule has 1 aliphatic heterocycles. The number of rotatable bonds is 5. The molecule has 1 aliphatic rings. The second-order valence-electron chi connectivity index (χ2n) is 7.39. The third-order valence-corrected chi connectivity index (χ3v) is 6.34. The number of amides is 1. The third kappa shape index (κ3) is 4.35. The van der Waals surface area contributed by atoms with Gasteiger partial charge < -0.3 is 14.4 Å². The van der Waals surface area contributed by atoms with Crippen LogP contribution in [0.1, 0.15) is 25.8 Å². The highest BCUT2D eigenvalue weighted by atomic mass is 32.2. The van der Waals surface area contributed by atoms with Crippen molar-refractivity contribution in [2.45, 2.75) is 30.7 Å². The van der Waals surface area contributed by atoms with E-state index in [-0.39, 0.29) is 28.7 Å². The van der Waals surface area contributed by atoms with E-state index in [0.29, 0.717) is 43.6 Å². The first kappa shape index (κ1) is 21.9. The molecule has 0 unspecified atom stereocenters. The predicted molar refractivity (Wildman–Crippen MR) is 112 cm³/mol. The molecule has 3 heterocycles. The van der Waals surface area contributed by atoms with Gasteiger partial charge in [0, 0.05) is 19.3 Å². The Morgan fingerprint density at radius 3 is 2.66 bits per heavy atom. The van der Waals surface area contributed by atoms with Crippen molar-refractivity contribution in [1.29, 1.82) is 0 Å². The SMILES string of the molecule is CCOC(=O)N1CCC(n2ncc3c(Oc4ccc(S(C)(=O)=O)cc4F)ncnc32)CC1. The van der Waals surface area contributed by atoms with Gasteiger partial charge >= 0.3 is 6.09 Å². The number of hydrogen-bond acceptors (Lipinski definition) is 8. The maximum Gasteiger partial charge on any atom is 0.409 e. The summed E-state index contributed by atoms with van der Waals surface area (Å²) in [6.07, 6.45) is 4.88. The van der Waals surface area contributed by atoms with Crippen LogP contribution in [0.4, 0.5) is 9.18 Å². The molecule has 1 saturated heterocycles. The fourth-order valence-electron chi connectivity index (χ4n) is 3.60. The van der Waals surface area contributed by atoms with Gasteiger partial charge in [0.05, 0.1) is 23.7 Å². The van der Waals surface area contributed by atoms with E-state index < -0.39 is 15.7 Å². The van der Waals surface area contributed by atoms with Crippen molar-refractivity contribution < 1.29 is 27.1 Å². The molecule has 0 atom stereocenters. The number of sulfone groups is 1. The number of ether oxygens (including phenoxy) is 2. The molecule has 1 amide bonds. The lowest BCUT2D eigenvalue weighted by atomic mass is 10.1. The summed E-state index contributed by atoms with van der Waals surface area (Å²) in [5.41, 5.74) is 0.526. The number of nitrogens with zero attached hydrogens (tertiary/aromatic N) is 5. The summed E-state index contributed by atoms with van der Waals surface area (Å²) in [6.45, 7) is 3.18. The Morgan fingerprint density at radius 1 is 1.25 bits per heavy atom. The Kier molecular flexibility index (Phi) is 5.96. The lowest BCUT2D eigenvalue weighted by Crippen LogP contribution is -2.39. The molecule has 0 aliphatic carbocycles. The molecule has 0 spiro atoms. The van der Waals surface area contributed by atoms with Crippen molar-refractivity contribution in [3.8, 4) is 11.6 Å². The molecule has 0 saturated carbocycles. The lowest BCUT2D eigenvalue weighted by molar-refractivity contribution is 0.0919. The Labute approximate surface area is 183 Å². The van der Waals surface area contributed by atoms with Gasteiger partial charge in [-0.3, -0.25) is 0 Å². The van der Waals surface area contributed by atoms with Gasteiger partial charge in [0.1, 0.15) is 11.7 Å². The highest BCUT2D eigenvalue weighted by Gasteiger charge is 2.27. The zero-order chi connectivity index (χ0) is 22.9. The highest BCUT2D eigenvalue weighted by Crippen LogP contribution is 2.32. The number of benzene rings is 1. The molecule has 1 fully saturated rings. The number of fused-ring (bicyclic) bond motifs is 1. The largest absolute Gasteiger partial charge is 0.450 e. The molecule has 170 valence electrons. The fourth-order valence-corrected chi connectivity index (χ4v) is 4.23. The van der Waals surface area contributed by atoms with Crippen LogP contribution in [0.15, 0.2) is 35.6 Å². The topological polar surface area (TPSA) is 117 Å². The van der Waals surface area contributed by atoms with E-state index in [4.69, 9.17) is 9.47 Å². The average molecular weight is 463 g/mol. The summed E-state index contributed by atoms with van der Waals surface area (Å²) in [6, 6.07) is 3.44. The minimum Gasteiger partial charge on any atom is -0.450 e. The van der Waals surface area contributed by atoms with Gasteiger partial charge in [-0.05, 0) is 38.0 Å². The van der Waals surface area contributed by atoms with Crippen molar-refractivity contribution in [3.63, 3.8) is 0 Å². The van der Waals surface area contributed by atoms with E-state index in [0.717, 1.165) is 12.3 Å².